The van der Waals surface area contributed by atoms with Crippen LogP contribution in [0, 0.1) is 5.92 Å². The molecule has 1 aliphatic heterocycles. The fourth-order valence-corrected chi connectivity index (χ4v) is 3.31. The van der Waals surface area contributed by atoms with Crippen molar-refractivity contribution in [3.05, 3.63) is 17.7 Å². The van der Waals surface area contributed by atoms with Gasteiger partial charge in [0.15, 0.2) is 11.5 Å². The Kier molecular flexibility index (Phi) is 9.26. The van der Waals surface area contributed by atoms with Crippen molar-refractivity contribution < 1.29 is 14.2 Å². The summed E-state index contributed by atoms with van der Waals surface area (Å²) in [5.74, 6) is 3.02. The zero-order chi connectivity index (χ0) is 16.7. The predicted molar refractivity (Wildman–Crippen MR) is 99.9 cm³/mol. The third-order valence-electron chi connectivity index (χ3n) is 4.69. The Labute approximate surface area is 152 Å². The third-order valence-corrected chi connectivity index (χ3v) is 4.69. The molecule has 0 amide bonds. The number of likely N-dealkylation sites (tertiary alicyclic amines) is 1. The standard InChI is InChI=1S/C18H30N2O3.ClH/c1-19-10-7-14-8-11-20(12-9-14)13-15-5-6-16(21-2)18(23-4)17(15)22-3;/h5-6,14,19H,7-13H2,1-4H3;1H. The van der Waals surface area contributed by atoms with Crippen molar-refractivity contribution in [3.8, 4) is 17.2 Å². The zero-order valence-corrected chi connectivity index (χ0v) is 16.1. The number of methoxy groups -OCH3 is 3. The predicted octanol–water partition coefficient (Wildman–Crippen LogP) is 2.96. The van der Waals surface area contributed by atoms with E-state index in [0.29, 0.717) is 11.5 Å². The van der Waals surface area contributed by atoms with E-state index in [1.54, 1.807) is 21.3 Å². The second-order valence-corrected chi connectivity index (χ2v) is 6.11. The maximum atomic E-state index is 5.59. The average Bonchev–Trinajstić information content (AvgIpc) is 2.60. The maximum Gasteiger partial charge on any atom is 0.203 e. The van der Waals surface area contributed by atoms with Gasteiger partial charge in [-0.15, -0.1) is 12.4 Å². The first-order chi connectivity index (χ1) is 11.2. The minimum absolute atomic E-state index is 0. The summed E-state index contributed by atoms with van der Waals surface area (Å²) in [4.78, 5) is 2.50. The fraction of sp³-hybridized carbons (Fsp3) is 0.667. The zero-order valence-electron chi connectivity index (χ0n) is 15.3. The van der Waals surface area contributed by atoms with Crippen LogP contribution >= 0.6 is 12.4 Å². The number of ether oxygens (including phenoxy) is 3. The van der Waals surface area contributed by atoms with Gasteiger partial charge in [0.25, 0.3) is 0 Å². The molecule has 0 aliphatic carbocycles. The van der Waals surface area contributed by atoms with Gasteiger partial charge >= 0.3 is 0 Å². The second kappa shape index (κ2) is 10.6. The van der Waals surface area contributed by atoms with Crippen LogP contribution in [0.3, 0.4) is 0 Å². The highest BCUT2D eigenvalue weighted by Crippen LogP contribution is 2.40. The summed E-state index contributed by atoms with van der Waals surface area (Å²) < 4.78 is 16.4. The molecule has 0 radical (unpaired) electrons. The molecule has 5 nitrogen and oxygen atoms in total. The molecule has 0 unspecified atom stereocenters. The van der Waals surface area contributed by atoms with Crippen LogP contribution in [0.25, 0.3) is 0 Å². The molecule has 2 rings (SSSR count). The minimum atomic E-state index is 0. The van der Waals surface area contributed by atoms with Crippen molar-refractivity contribution in [2.45, 2.75) is 25.8 Å². The molecule has 1 fully saturated rings. The Hall–Kier alpha value is -1.17. The molecular formula is C18H31ClN2O3. The van der Waals surface area contributed by atoms with E-state index in [1.165, 1.54) is 19.3 Å². The van der Waals surface area contributed by atoms with E-state index in [-0.39, 0.29) is 12.4 Å². The minimum Gasteiger partial charge on any atom is -0.493 e. The lowest BCUT2D eigenvalue weighted by molar-refractivity contribution is 0.170. The normalized spacial score (nSPS) is 15.7. The molecule has 24 heavy (non-hydrogen) atoms. The van der Waals surface area contributed by atoms with Gasteiger partial charge in [-0.1, -0.05) is 6.07 Å². The molecule has 1 heterocycles. The van der Waals surface area contributed by atoms with Crippen molar-refractivity contribution in [3.63, 3.8) is 0 Å². The number of halogens is 1. The van der Waals surface area contributed by atoms with Crippen LogP contribution in [0.5, 0.6) is 17.2 Å². The number of nitrogens with zero attached hydrogens (tertiary/aromatic N) is 1. The monoisotopic (exact) mass is 358 g/mol. The molecule has 0 aromatic heterocycles. The van der Waals surface area contributed by atoms with Crippen LogP contribution in [-0.2, 0) is 6.54 Å². The summed E-state index contributed by atoms with van der Waals surface area (Å²) in [5.41, 5.74) is 1.15. The SMILES string of the molecule is CNCCC1CCN(Cc2ccc(OC)c(OC)c2OC)CC1.Cl. The summed E-state index contributed by atoms with van der Waals surface area (Å²) in [6, 6.07) is 4.03. The first-order valence-electron chi connectivity index (χ1n) is 8.38. The summed E-state index contributed by atoms with van der Waals surface area (Å²) >= 11 is 0. The molecule has 0 saturated carbocycles. The number of benzene rings is 1. The van der Waals surface area contributed by atoms with Crippen molar-refractivity contribution in [1.82, 2.24) is 10.2 Å². The molecular weight excluding hydrogens is 328 g/mol. The van der Waals surface area contributed by atoms with Gasteiger partial charge in [0.2, 0.25) is 5.75 Å². The molecule has 0 atom stereocenters. The third kappa shape index (κ3) is 5.16. The quantitative estimate of drug-likeness (QED) is 0.774. The number of hydrogen-bond donors (Lipinski definition) is 1. The molecule has 1 N–H and O–H groups in total. The smallest absolute Gasteiger partial charge is 0.203 e. The van der Waals surface area contributed by atoms with Gasteiger partial charge in [0.1, 0.15) is 0 Å². The lowest BCUT2D eigenvalue weighted by Crippen LogP contribution is -2.34. The van der Waals surface area contributed by atoms with Gasteiger partial charge in [0, 0.05) is 12.1 Å². The Bertz CT molecular complexity index is 491. The van der Waals surface area contributed by atoms with E-state index in [0.717, 1.165) is 43.4 Å². The number of rotatable bonds is 8. The topological polar surface area (TPSA) is 43.0 Å². The molecule has 6 heteroatoms. The summed E-state index contributed by atoms with van der Waals surface area (Å²) in [6.45, 7) is 4.30. The number of piperidine rings is 1. The number of nitrogens with one attached hydrogen (secondary N) is 1. The molecule has 1 saturated heterocycles. The van der Waals surface area contributed by atoms with Gasteiger partial charge in [-0.3, -0.25) is 4.90 Å². The van der Waals surface area contributed by atoms with E-state index < -0.39 is 0 Å². The molecule has 1 aromatic carbocycles. The van der Waals surface area contributed by atoms with Crippen LogP contribution in [0.4, 0.5) is 0 Å². The van der Waals surface area contributed by atoms with Crippen molar-refractivity contribution in [2.24, 2.45) is 5.92 Å². The second-order valence-electron chi connectivity index (χ2n) is 6.11. The van der Waals surface area contributed by atoms with Crippen LogP contribution in [-0.4, -0.2) is 52.9 Å². The molecule has 1 aromatic rings. The van der Waals surface area contributed by atoms with Gasteiger partial charge in [0.05, 0.1) is 21.3 Å². The highest BCUT2D eigenvalue weighted by atomic mass is 35.5. The number of hydrogen-bond acceptors (Lipinski definition) is 5. The maximum absolute atomic E-state index is 5.59. The van der Waals surface area contributed by atoms with Crippen LogP contribution in [0.15, 0.2) is 12.1 Å². The Balaban J connectivity index is 0.00000288. The van der Waals surface area contributed by atoms with E-state index in [4.69, 9.17) is 14.2 Å². The molecule has 0 spiro atoms. The summed E-state index contributed by atoms with van der Waals surface area (Å²) in [7, 11) is 7.01. The average molecular weight is 359 g/mol. The Morgan fingerprint density at radius 1 is 1.04 bits per heavy atom. The first-order valence-corrected chi connectivity index (χ1v) is 8.38. The van der Waals surface area contributed by atoms with E-state index in [1.807, 2.05) is 13.1 Å². The highest BCUT2D eigenvalue weighted by molar-refractivity contribution is 5.85. The molecule has 1 aliphatic rings. The van der Waals surface area contributed by atoms with Crippen LogP contribution in [0.1, 0.15) is 24.8 Å². The van der Waals surface area contributed by atoms with E-state index in [9.17, 15) is 0 Å². The van der Waals surface area contributed by atoms with Crippen molar-refractivity contribution in [1.29, 1.82) is 0 Å². The van der Waals surface area contributed by atoms with Gasteiger partial charge in [-0.05, 0) is 57.9 Å². The van der Waals surface area contributed by atoms with E-state index >= 15 is 0 Å². The Morgan fingerprint density at radius 3 is 2.25 bits per heavy atom. The van der Waals surface area contributed by atoms with Crippen molar-refractivity contribution >= 4 is 12.4 Å². The highest BCUT2D eigenvalue weighted by Gasteiger charge is 2.22. The first kappa shape index (κ1) is 20.9. The lowest BCUT2D eigenvalue weighted by Gasteiger charge is -2.32. The molecule has 138 valence electrons. The van der Waals surface area contributed by atoms with Crippen LogP contribution < -0.4 is 19.5 Å². The fourth-order valence-electron chi connectivity index (χ4n) is 3.31. The van der Waals surface area contributed by atoms with E-state index in [2.05, 4.69) is 16.3 Å². The van der Waals surface area contributed by atoms with Crippen molar-refractivity contribution in [2.75, 3.05) is 48.0 Å². The van der Waals surface area contributed by atoms with Crippen LogP contribution in [0.2, 0.25) is 0 Å². The summed E-state index contributed by atoms with van der Waals surface area (Å²) in [5, 5.41) is 3.25. The largest absolute Gasteiger partial charge is 0.493 e. The van der Waals surface area contributed by atoms with Gasteiger partial charge in [-0.2, -0.15) is 0 Å². The van der Waals surface area contributed by atoms with Gasteiger partial charge < -0.3 is 19.5 Å². The Morgan fingerprint density at radius 2 is 1.71 bits per heavy atom. The lowest BCUT2D eigenvalue weighted by atomic mass is 9.93. The molecule has 0 bridgehead atoms. The summed E-state index contributed by atoms with van der Waals surface area (Å²) in [6.07, 6.45) is 3.83. The van der Waals surface area contributed by atoms with Gasteiger partial charge in [-0.25, -0.2) is 0 Å².